The third-order valence-corrected chi connectivity index (χ3v) is 12.9. The van der Waals surface area contributed by atoms with Crippen LogP contribution in [0.3, 0.4) is 0 Å². The fraction of sp³-hybridized carbons (Fsp3) is 0.560. The van der Waals surface area contributed by atoms with Crippen LogP contribution in [0.2, 0.25) is 0 Å². The van der Waals surface area contributed by atoms with Crippen molar-refractivity contribution in [1.29, 1.82) is 0 Å². The van der Waals surface area contributed by atoms with Crippen LogP contribution in [-0.2, 0) is 28.6 Å². The van der Waals surface area contributed by atoms with E-state index in [1.54, 1.807) is 0 Å². The molecule has 0 heterocycles. The standard InChI is InChI=1S/C75H116O6/c1-4-7-10-13-16-19-22-25-28-30-32-33-34-35-36-37-38-39-40-41-43-44-47-50-53-56-59-62-65-68-74(77)80-71-72(70-79-73(76)67-64-61-58-55-52-49-46-27-24-21-18-15-12-9-6-3)81-75(78)69-66-63-60-57-54-51-48-45-42-31-29-26-23-20-17-14-11-8-5-2/h7,9-10,12,16-21,25-29,32-33,35-36,38-39,41,43,46-47,50,52,55-56,59,72H,4-6,8,11,13-15,22-24,30-31,34,37,40,42,44-45,48-49,51,53-54,57-58,60-71H2,1-3H3/b10-7-,12-9-,19-16-,20-17-,21-18-,28-25-,29-26-,33-32-,36-35-,39-38-,43-41-,46-27-,50-47-,55-52-,59-56-. The van der Waals surface area contributed by atoms with E-state index in [1.807, 2.05) is 0 Å². The van der Waals surface area contributed by atoms with Crippen molar-refractivity contribution in [2.45, 2.75) is 258 Å². The molecule has 0 spiro atoms. The van der Waals surface area contributed by atoms with Gasteiger partial charge < -0.3 is 14.2 Å². The second kappa shape index (κ2) is 67.0. The van der Waals surface area contributed by atoms with E-state index in [9.17, 15) is 14.4 Å². The number of carbonyl (C=O) groups is 3. The molecule has 0 amide bonds. The number of hydrogen-bond donors (Lipinski definition) is 0. The Morgan fingerprint density at radius 3 is 0.827 bits per heavy atom. The van der Waals surface area contributed by atoms with E-state index in [0.29, 0.717) is 19.3 Å². The summed E-state index contributed by atoms with van der Waals surface area (Å²) >= 11 is 0. The Hall–Kier alpha value is -5.49. The van der Waals surface area contributed by atoms with Gasteiger partial charge in [0.2, 0.25) is 0 Å². The molecule has 0 aliphatic carbocycles. The van der Waals surface area contributed by atoms with Gasteiger partial charge in [-0.05, 0) is 154 Å². The molecule has 6 heteroatoms. The molecule has 6 nitrogen and oxygen atoms in total. The molecule has 0 aromatic carbocycles. The highest BCUT2D eigenvalue weighted by Crippen LogP contribution is 2.14. The summed E-state index contributed by atoms with van der Waals surface area (Å²) in [5, 5.41) is 0. The summed E-state index contributed by atoms with van der Waals surface area (Å²) in [5.41, 5.74) is 0. The Kier molecular flexibility index (Phi) is 62.5. The lowest BCUT2D eigenvalue weighted by Crippen LogP contribution is -2.30. The van der Waals surface area contributed by atoms with E-state index >= 15 is 0 Å². The molecular weight excluding hydrogens is 997 g/mol. The molecule has 452 valence electrons. The monoisotopic (exact) mass is 1110 g/mol. The number of unbranched alkanes of at least 4 members (excludes halogenated alkanes) is 15. The molecule has 0 aromatic rings. The van der Waals surface area contributed by atoms with Crippen molar-refractivity contribution >= 4 is 17.9 Å². The molecule has 0 aliphatic rings. The van der Waals surface area contributed by atoms with Crippen LogP contribution in [0.4, 0.5) is 0 Å². The molecular formula is C75H116O6. The van der Waals surface area contributed by atoms with Gasteiger partial charge in [0.15, 0.2) is 6.10 Å². The van der Waals surface area contributed by atoms with E-state index < -0.39 is 6.10 Å². The molecule has 0 aliphatic heterocycles. The van der Waals surface area contributed by atoms with E-state index in [4.69, 9.17) is 14.2 Å². The molecule has 1 atom stereocenters. The van der Waals surface area contributed by atoms with Gasteiger partial charge in [-0.25, -0.2) is 0 Å². The zero-order valence-corrected chi connectivity index (χ0v) is 51.7. The summed E-state index contributed by atoms with van der Waals surface area (Å²) in [4.78, 5) is 38.3. The largest absolute Gasteiger partial charge is 0.462 e. The molecule has 0 saturated heterocycles. The predicted molar refractivity (Wildman–Crippen MR) is 352 cm³/mol. The first kappa shape index (κ1) is 75.5. The maximum Gasteiger partial charge on any atom is 0.306 e. The van der Waals surface area contributed by atoms with Crippen molar-refractivity contribution in [3.63, 3.8) is 0 Å². The Balaban J connectivity index is 4.53. The number of ether oxygens (including phenoxy) is 3. The van der Waals surface area contributed by atoms with Crippen LogP contribution in [-0.4, -0.2) is 37.2 Å². The summed E-state index contributed by atoms with van der Waals surface area (Å²) in [6.07, 6.45) is 100. The Bertz CT molecular complexity index is 1900. The highest BCUT2D eigenvalue weighted by atomic mass is 16.6. The number of rotatable bonds is 56. The average molecular weight is 1110 g/mol. The topological polar surface area (TPSA) is 78.9 Å². The summed E-state index contributed by atoms with van der Waals surface area (Å²) in [7, 11) is 0. The van der Waals surface area contributed by atoms with Gasteiger partial charge in [-0.15, -0.1) is 0 Å². The smallest absolute Gasteiger partial charge is 0.306 e. The molecule has 81 heavy (non-hydrogen) atoms. The second-order valence-electron chi connectivity index (χ2n) is 20.5. The lowest BCUT2D eigenvalue weighted by molar-refractivity contribution is -0.167. The molecule has 0 bridgehead atoms. The van der Waals surface area contributed by atoms with Gasteiger partial charge in [-0.1, -0.05) is 261 Å². The van der Waals surface area contributed by atoms with Crippen molar-refractivity contribution in [3.05, 3.63) is 182 Å². The lowest BCUT2D eigenvalue weighted by Gasteiger charge is -2.18. The molecule has 1 unspecified atom stereocenters. The van der Waals surface area contributed by atoms with Crippen molar-refractivity contribution < 1.29 is 28.6 Å². The first-order valence-corrected chi connectivity index (χ1v) is 32.3. The first-order valence-electron chi connectivity index (χ1n) is 32.3. The molecule has 0 rings (SSSR count). The zero-order valence-electron chi connectivity index (χ0n) is 51.7. The molecule has 0 fully saturated rings. The van der Waals surface area contributed by atoms with E-state index in [2.05, 4.69) is 203 Å². The quantitative estimate of drug-likeness (QED) is 0.0261. The van der Waals surface area contributed by atoms with Crippen LogP contribution < -0.4 is 0 Å². The maximum atomic E-state index is 12.9. The van der Waals surface area contributed by atoms with Gasteiger partial charge in [0, 0.05) is 19.3 Å². The second-order valence-corrected chi connectivity index (χ2v) is 20.5. The zero-order chi connectivity index (χ0) is 58.5. The fourth-order valence-corrected chi connectivity index (χ4v) is 8.11. The summed E-state index contributed by atoms with van der Waals surface area (Å²) in [5.74, 6) is -1.04. The molecule has 0 radical (unpaired) electrons. The fourth-order valence-electron chi connectivity index (χ4n) is 8.11. The predicted octanol–water partition coefficient (Wildman–Crippen LogP) is 22.4. The molecule has 0 saturated carbocycles. The number of allylic oxidation sites excluding steroid dienone is 30. The van der Waals surface area contributed by atoms with Crippen LogP contribution in [0.5, 0.6) is 0 Å². The number of carbonyl (C=O) groups excluding carboxylic acids is 3. The van der Waals surface area contributed by atoms with Gasteiger partial charge in [0.05, 0.1) is 0 Å². The van der Waals surface area contributed by atoms with E-state index in [1.165, 1.54) is 70.6 Å². The van der Waals surface area contributed by atoms with Crippen LogP contribution >= 0.6 is 0 Å². The van der Waals surface area contributed by atoms with Crippen molar-refractivity contribution in [2.24, 2.45) is 0 Å². The van der Waals surface area contributed by atoms with Crippen molar-refractivity contribution in [1.82, 2.24) is 0 Å². The van der Waals surface area contributed by atoms with Crippen molar-refractivity contribution in [3.8, 4) is 0 Å². The SMILES string of the molecule is CC/C=C\C/C=C\C/C=C\C/C=C\C/C=C\C/C=C\C/C=C\C/C=C\C/C=C\CCCC(=O)OCC(COC(=O)CCCC/C=C\C/C=C\C/C=C\C/C=C\CC)OC(=O)CCCCCCCCCCC/C=C\C/C=C\CCCCC. The van der Waals surface area contributed by atoms with E-state index in [0.717, 1.165) is 128 Å². The number of esters is 3. The first-order chi connectivity index (χ1) is 40.0. The van der Waals surface area contributed by atoms with Crippen LogP contribution in [0.1, 0.15) is 252 Å². The minimum absolute atomic E-state index is 0.128. The third kappa shape index (κ3) is 65.2. The van der Waals surface area contributed by atoms with Gasteiger partial charge in [-0.2, -0.15) is 0 Å². The lowest BCUT2D eigenvalue weighted by atomic mass is 10.1. The average Bonchev–Trinajstić information content (AvgIpc) is 3.47. The summed E-state index contributed by atoms with van der Waals surface area (Å²) in [6, 6.07) is 0. The van der Waals surface area contributed by atoms with Gasteiger partial charge in [-0.3, -0.25) is 14.4 Å². The van der Waals surface area contributed by atoms with Crippen molar-refractivity contribution in [2.75, 3.05) is 13.2 Å². The molecule has 0 N–H and O–H groups in total. The van der Waals surface area contributed by atoms with Gasteiger partial charge in [0.1, 0.15) is 13.2 Å². The third-order valence-electron chi connectivity index (χ3n) is 12.9. The normalized spacial score (nSPS) is 13.4. The Labute approximate surface area is 497 Å². The highest BCUT2D eigenvalue weighted by Gasteiger charge is 2.19. The van der Waals surface area contributed by atoms with Gasteiger partial charge in [0.25, 0.3) is 0 Å². The van der Waals surface area contributed by atoms with Crippen LogP contribution in [0, 0.1) is 0 Å². The van der Waals surface area contributed by atoms with Gasteiger partial charge >= 0.3 is 17.9 Å². The molecule has 0 aromatic heterocycles. The minimum Gasteiger partial charge on any atom is -0.462 e. The Morgan fingerprint density at radius 1 is 0.259 bits per heavy atom. The highest BCUT2D eigenvalue weighted by molar-refractivity contribution is 5.71. The summed E-state index contributed by atoms with van der Waals surface area (Å²) < 4.78 is 16.8. The van der Waals surface area contributed by atoms with Crippen LogP contribution in [0.15, 0.2) is 182 Å². The van der Waals surface area contributed by atoms with E-state index in [-0.39, 0.29) is 44.0 Å². The number of hydrogen-bond acceptors (Lipinski definition) is 6. The summed E-state index contributed by atoms with van der Waals surface area (Å²) in [6.45, 7) is 6.29. The van der Waals surface area contributed by atoms with Crippen LogP contribution in [0.25, 0.3) is 0 Å². The Morgan fingerprint density at radius 2 is 0.494 bits per heavy atom. The maximum absolute atomic E-state index is 12.9. The minimum atomic E-state index is -0.833.